The molecule has 20 heavy (non-hydrogen) atoms. The van der Waals surface area contributed by atoms with E-state index in [1.807, 2.05) is 0 Å². The maximum atomic E-state index is 13.2. The molecule has 0 aliphatic heterocycles. The monoisotopic (exact) mass is 283 g/mol. The number of carboxylic acid groups (broad SMARTS) is 1. The number of carbonyl (C=O) groups is 2. The van der Waals surface area contributed by atoms with Gasteiger partial charge >= 0.3 is 5.97 Å². The fourth-order valence-electron chi connectivity index (χ4n) is 1.64. The molecular weight excluding hydrogens is 265 g/mol. The van der Waals surface area contributed by atoms with Crippen molar-refractivity contribution < 1.29 is 23.8 Å². The SMILES string of the molecule is COc1cc(C(=O)NCCCC(C)C(=O)O)ccc1F. The molecule has 0 bridgehead atoms. The number of benzene rings is 1. The van der Waals surface area contributed by atoms with Crippen molar-refractivity contribution in [1.82, 2.24) is 5.32 Å². The maximum absolute atomic E-state index is 13.2. The van der Waals surface area contributed by atoms with Gasteiger partial charge in [-0.1, -0.05) is 6.92 Å². The highest BCUT2D eigenvalue weighted by molar-refractivity contribution is 5.94. The average molecular weight is 283 g/mol. The van der Waals surface area contributed by atoms with Gasteiger partial charge in [0.1, 0.15) is 0 Å². The summed E-state index contributed by atoms with van der Waals surface area (Å²) in [7, 11) is 1.33. The van der Waals surface area contributed by atoms with E-state index < -0.39 is 17.7 Å². The third-order valence-electron chi connectivity index (χ3n) is 2.93. The maximum Gasteiger partial charge on any atom is 0.306 e. The molecule has 1 atom stereocenters. The Balaban J connectivity index is 2.45. The van der Waals surface area contributed by atoms with Gasteiger partial charge in [-0.15, -0.1) is 0 Å². The van der Waals surface area contributed by atoms with Crippen LogP contribution < -0.4 is 10.1 Å². The number of methoxy groups -OCH3 is 1. The molecule has 0 heterocycles. The predicted molar refractivity (Wildman–Crippen MR) is 71.3 cm³/mol. The van der Waals surface area contributed by atoms with E-state index in [0.29, 0.717) is 24.9 Å². The molecular formula is C14H18FNO4. The highest BCUT2D eigenvalue weighted by Crippen LogP contribution is 2.18. The van der Waals surface area contributed by atoms with Crippen molar-refractivity contribution >= 4 is 11.9 Å². The number of rotatable bonds is 7. The van der Waals surface area contributed by atoms with Crippen molar-refractivity contribution in [3.8, 4) is 5.75 Å². The Morgan fingerprint density at radius 1 is 1.45 bits per heavy atom. The van der Waals surface area contributed by atoms with Crippen LogP contribution in [-0.2, 0) is 4.79 Å². The van der Waals surface area contributed by atoms with Gasteiger partial charge in [-0.2, -0.15) is 0 Å². The zero-order valence-electron chi connectivity index (χ0n) is 11.5. The standard InChI is InChI=1S/C14H18FNO4/c1-9(14(18)19)4-3-7-16-13(17)10-5-6-11(15)12(8-10)20-2/h5-6,8-9H,3-4,7H2,1-2H3,(H,16,17)(H,18,19). The fraction of sp³-hybridized carbons (Fsp3) is 0.429. The van der Waals surface area contributed by atoms with Crippen molar-refractivity contribution in [3.05, 3.63) is 29.6 Å². The lowest BCUT2D eigenvalue weighted by Gasteiger charge is -2.08. The van der Waals surface area contributed by atoms with Crippen LogP contribution in [0.1, 0.15) is 30.1 Å². The van der Waals surface area contributed by atoms with Crippen molar-refractivity contribution in [1.29, 1.82) is 0 Å². The number of aliphatic carboxylic acids is 1. The number of halogens is 1. The summed E-state index contributed by atoms with van der Waals surface area (Å²) < 4.78 is 18.0. The molecule has 1 unspecified atom stereocenters. The first kappa shape index (κ1) is 15.9. The number of hydrogen-bond acceptors (Lipinski definition) is 3. The molecule has 0 fully saturated rings. The summed E-state index contributed by atoms with van der Waals surface area (Å²) in [6.07, 6.45) is 1.06. The molecule has 2 N–H and O–H groups in total. The summed E-state index contributed by atoms with van der Waals surface area (Å²) in [6, 6.07) is 3.86. The van der Waals surface area contributed by atoms with Crippen LogP contribution in [0.4, 0.5) is 4.39 Å². The topological polar surface area (TPSA) is 75.6 Å². The normalized spacial score (nSPS) is 11.8. The van der Waals surface area contributed by atoms with Crippen LogP contribution in [0.25, 0.3) is 0 Å². The molecule has 0 aliphatic carbocycles. The molecule has 0 aliphatic rings. The Bertz CT molecular complexity index is 490. The molecule has 1 rings (SSSR count). The Kier molecular flexibility index (Phi) is 5.96. The van der Waals surface area contributed by atoms with Crippen LogP contribution in [0.2, 0.25) is 0 Å². The zero-order chi connectivity index (χ0) is 15.1. The van der Waals surface area contributed by atoms with E-state index >= 15 is 0 Å². The zero-order valence-corrected chi connectivity index (χ0v) is 11.5. The molecule has 0 saturated heterocycles. The van der Waals surface area contributed by atoms with Crippen LogP contribution in [0.3, 0.4) is 0 Å². The summed E-state index contributed by atoms with van der Waals surface area (Å²) in [5.74, 6) is -2.14. The largest absolute Gasteiger partial charge is 0.494 e. The Morgan fingerprint density at radius 2 is 2.15 bits per heavy atom. The lowest BCUT2D eigenvalue weighted by atomic mass is 10.1. The van der Waals surface area contributed by atoms with E-state index in [2.05, 4.69) is 5.32 Å². The van der Waals surface area contributed by atoms with E-state index in [9.17, 15) is 14.0 Å². The average Bonchev–Trinajstić information content (AvgIpc) is 2.43. The van der Waals surface area contributed by atoms with Crippen LogP contribution in [0.15, 0.2) is 18.2 Å². The predicted octanol–water partition coefficient (Wildman–Crippen LogP) is 2.06. The molecule has 1 aromatic carbocycles. The molecule has 0 spiro atoms. The van der Waals surface area contributed by atoms with Gasteiger partial charge in [0.25, 0.3) is 5.91 Å². The van der Waals surface area contributed by atoms with Crippen molar-refractivity contribution in [2.24, 2.45) is 5.92 Å². The van der Waals surface area contributed by atoms with E-state index in [0.717, 1.165) is 0 Å². The van der Waals surface area contributed by atoms with E-state index in [-0.39, 0.29) is 11.7 Å². The summed E-state index contributed by atoms with van der Waals surface area (Å²) in [5, 5.41) is 11.4. The summed E-state index contributed by atoms with van der Waals surface area (Å²) >= 11 is 0. The van der Waals surface area contributed by atoms with Gasteiger partial charge in [-0.05, 0) is 31.0 Å². The van der Waals surface area contributed by atoms with Gasteiger partial charge in [0.2, 0.25) is 0 Å². The third kappa shape index (κ3) is 4.53. The van der Waals surface area contributed by atoms with Gasteiger partial charge in [0.15, 0.2) is 11.6 Å². The number of carbonyl (C=O) groups excluding carboxylic acids is 1. The number of nitrogens with one attached hydrogen (secondary N) is 1. The van der Waals surface area contributed by atoms with E-state index in [1.54, 1.807) is 6.92 Å². The molecule has 6 heteroatoms. The van der Waals surface area contributed by atoms with Crippen LogP contribution in [0, 0.1) is 11.7 Å². The molecule has 1 amide bonds. The van der Waals surface area contributed by atoms with Crippen molar-refractivity contribution in [2.75, 3.05) is 13.7 Å². The number of hydrogen-bond donors (Lipinski definition) is 2. The molecule has 0 aromatic heterocycles. The van der Waals surface area contributed by atoms with Crippen LogP contribution in [0.5, 0.6) is 5.75 Å². The van der Waals surface area contributed by atoms with Gasteiger partial charge < -0.3 is 15.2 Å². The fourth-order valence-corrected chi connectivity index (χ4v) is 1.64. The quantitative estimate of drug-likeness (QED) is 0.751. The highest BCUT2D eigenvalue weighted by atomic mass is 19.1. The summed E-state index contributed by atoms with van der Waals surface area (Å²) in [4.78, 5) is 22.4. The van der Waals surface area contributed by atoms with Crippen LogP contribution >= 0.6 is 0 Å². The lowest BCUT2D eigenvalue weighted by molar-refractivity contribution is -0.141. The molecule has 1 aromatic rings. The lowest BCUT2D eigenvalue weighted by Crippen LogP contribution is -2.25. The second kappa shape index (κ2) is 7.47. The van der Waals surface area contributed by atoms with Gasteiger partial charge in [-0.25, -0.2) is 4.39 Å². The smallest absolute Gasteiger partial charge is 0.306 e. The van der Waals surface area contributed by atoms with Gasteiger partial charge in [-0.3, -0.25) is 9.59 Å². The summed E-state index contributed by atoms with van der Waals surface area (Å²) in [6.45, 7) is 1.99. The number of ether oxygens (including phenoxy) is 1. The molecule has 110 valence electrons. The second-order valence-electron chi connectivity index (χ2n) is 4.49. The minimum Gasteiger partial charge on any atom is -0.494 e. The van der Waals surface area contributed by atoms with Crippen molar-refractivity contribution in [2.45, 2.75) is 19.8 Å². The van der Waals surface area contributed by atoms with Gasteiger partial charge in [0, 0.05) is 12.1 Å². The van der Waals surface area contributed by atoms with Crippen molar-refractivity contribution in [3.63, 3.8) is 0 Å². The Labute approximate surface area is 116 Å². The first-order valence-corrected chi connectivity index (χ1v) is 6.30. The van der Waals surface area contributed by atoms with Gasteiger partial charge in [0.05, 0.1) is 13.0 Å². The molecule has 0 radical (unpaired) electrons. The second-order valence-corrected chi connectivity index (χ2v) is 4.49. The third-order valence-corrected chi connectivity index (χ3v) is 2.93. The minimum absolute atomic E-state index is 0.0112. The number of carboxylic acids is 1. The first-order chi connectivity index (χ1) is 9.45. The van der Waals surface area contributed by atoms with Crippen LogP contribution in [-0.4, -0.2) is 30.6 Å². The number of amides is 1. The first-order valence-electron chi connectivity index (χ1n) is 6.30. The Morgan fingerprint density at radius 3 is 2.75 bits per heavy atom. The molecule has 0 saturated carbocycles. The molecule has 5 nitrogen and oxygen atoms in total. The summed E-state index contributed by atoms with van der Waals surface area (Å²) in [5.41, 5.74) is 0.300. The Hall–Kier alpha value is -2.11. The van der Waals surface area contributed by atoms with E-state index in [1.165, 1.54) is 25.3 Å². The van der Waals surface area contributed by atoms with E-state index in [4.69, 9.17) is 9.84 Å². The minimum atomic E-state index is -0.848. The highest BCUT2D eigenvalue weighted by Gasteiger charge is 2.12.